The molecule has 0 aliphatic carbocycles. The molecule has 0 heterocycles. The second kappa shape index (κ2) is 59.4. The van der Waals surface area contributed by atoms with Gasteiger partial charge in [0.2, 0.25) is 0 Å². The van der Waals surface area contributed by atoms with Crippen LogP contribution in [0.1, 0.15) is 337 Å². The molecule has 0 saturated heterocycles. The molecular weight excluding hydrogens is 1140 g/mol. The van der Waals surface area contributed by atoms with Crippen molar-refractivity contribution in [1.29, 1.82) is 0 Å². The fourth-order valence-corrected chi connectivity index (χ4v) is 11.6. The molecule has 2 unspecified atom stereocenters. The van der Waals surface area contributed by atoms with Gasteiger partial charge in [-0.15, -0.1) is 0 Å². The van der Waals surface area contributed by atoms with E-state index in [9.17, 15) is 43.2 Å². The maximum atomic E-state index is 13.0. The largest absolute Gasteiger partial charge is 0.472 e. The van der Waals surface area contributed by atoms with Crippen LogP contribution >= 0.6 is 15.6 Å². The molecule has 0 aliphatic heterocycles. The Balaban J connectivity index is 5.13. The number of phosphoric ester groups is 2. The number of aliphatic hydroxyl groups excluding tert-OH is 1. The molecule has 0 aromatic carbocycles. The van der Waals surface area contributed by atoms with E-state index in [1.54, 1.807) is 0 Å². The summed E-state index contributed by atoms with van der Waals surface area (Å²) in [7, 11) is -9.88. The van der Waals surface area contributed by atoms with Gasteiger partial charge in [0, 0.05) is 25.7 Å². The number of ether oxygens (including phenoxy) is 4. The highest BCUT2D eigenvalue weighted by Gasteiger charge is 2.30. The number of hydrogen-bond donors (Lipinski definition) is 3. The predicted molar refractivity (Wildman–Crippen MR) is 345 cm³/mol. The second-order valence-corrected chi connectivity index (χ2v) is 28.1. The van der Waals surface area contributed by atoms with Gasteiger partial charge in [0.1, 0.15) is 19.3 Å². The van der Waals surface area contributed by atoms with Crippen LogP contribution in [0, 0.1) is 11.8 Å². The van der Waals surface area contributed by atoms with E-state index in [0.29, 0.717) is 25.7 Å². The van der Waals surface area contributed by atoms with Crippen LogP contribution in [0.2, 0.25) is 0 Å². The highest BCUT2D eigenvalue weighted by molar-refractivity contribution is 7.47. The lowest BCUT2D eigenvalue weighted by atomic mass is 10.0. The number of esters is 4. The van der Waals surface area contributed by atoms with Crippen LogP contribution in [0.4, 0.5) is 0 Å². The lowest BCUT2D eigenvalue weighted by Crippen LogP contribution is -2.30. The molecule has 0 aliphatic rings. The molecule has 17 nitrogen and oxygen atoms in total. The van der Waals surface area contributed by atoms with E-state index in [-0.39, 0.29) is 25.7 Å². The summed E-state index contributed by atoms with van der Waals surface area (Å²) in [6.07, 6.45) is 43.7. The first-order valence-corrected chi connectivity index (χ1v) is 38.0. The zero-order chi connectivity index (χ0) is 63.6. The van der Waals surface area contributed by atoms with E-state index < -0.39 is 97.5 Å². The Morgan fingerprint density at radius 2 is 0.535 bits per heavy atom. The zero-order valence-corrected chi connectivity index (χ0v) is 57.4. The zero-order valence-electron chi connectivity index (χ0n) is 55.6. The molecule has 0 aromatic rings. The topological polar surface area (TPSA) is 237 Å². The summed E-state index contributed by atoms with van der Waals surface area (Å²) >= 11 is 0. The Bertz CT molecular complexity index is 1680. The van der Waals surface area contributed by atoms with E-state index in [4.69, 9.17) is 37.0 Å². The van der Waals surface area contributed by atoms with Gasteiger partial charge in [0.05, 0.1) is 26.4 Å². The summed E-state index contributed by atoms with van der Waals surface area (Å²) in [5.41, 5.74) is 0. The summed E-state index contributed by atoms with van der Waals surface area (Å²) in [4.78, 5) is 72.1. The molecule has 0 spiro atoms. The first-order valence-electron chi connectivity index (χ1n) is 35.0. The minimum absolute atomic E-state index is 0.103. The van der Waals surface area contributed by atoms with Crippen LogP contribution in [0.25, 0.3) is 0 Å². The van der Waals surface area contributed by atoms with Crippen molar-refractivity contribution in [3.8, 4) is 0 Å². The molecule has 0 aromatic heterocycles. The fourth-order valence-electron chi connectivity index (χ4n) is 10.1. The summed E-state index contributed by atoms with van der Waals surface area (Å²) < 4.78 is 67.9. The van der Waals surface area contributed by atoms with Crippen molar-refractivity contribution in [2.45, 2.75) is 355 Å². The van der Waals surface area contributed by atoms with Gasteiger partial charge in [-0.25, -0.2) is 9.13 Å². The van der Waals surface area contributed by atoms with Crippen LogP contribution in [-0.4, -0.2) is 96.7 Å². The Hall–Kier alpha value is -1.94. The van der Waals surface area contributed by atoms with E-state index >= 15 is 0 Å². The lowest BCUT2D eigenvalue weighted by molar-refractivity contribution is -0.161. The predicted octanol–water partition coefficient (Wildman–Crippen LogP) is 18.8. The molecule has 0 rings (SSSR count). The highest BCUT2D eigenvalue weighted by Crippen LogP contribution is 2.45. The number of unbranched alkanes of at least 4 members (excludes halogenated alkanes) is 36. The third kappa shape index (κ3) is 60.9. The van der Waals surface area contributed by atoms with Crippen molar-refractivity contribution in [2.24, 2.45) is 11.8 Å². The summed E-state index contributed by atoms with van der Waals surface area (Å²) in [5.74, 6) is -0.698. The summed E-state index contributed by atoms with van der Waals surface area (Å²) in [5, 5.41) is 10.5. The normalized spacial score (nSPS) is 14.2. The molecule has 86 heavy (non-hydrogen) atoms. The van der Waals surface area contributed by atoms with Crippen LogP contribution in [-0.2, 0) is 65.4 Å². The first kappa shape index (κ1) is 84.1. The molecule has 510 valence electrons. The van der Waals surface area contributed by atoms with Crippen molar-refractivity contribution in [2.75, 3.05) is 39.6 Å². The van der Waals surface area contributed by atoms with Gasteiger partial charge < -0.3 is 33.8 Å². The number of hydrogen-bond acceptors (Lipinski definition) is 15. The first-order chi connectivity index (χ1) is 41.4. The number of aliphatic hydroxyl groups is 1. The highest BCUT2D eigenvalue weighted by atomic mass is 31.2. The number of rotatable bonds is 66. The number of carbonyl (C=O) groups is 4. The van der Waals surface area contributed by atoms with Gasteiger partial charge >= 0.3 is 39.5 Å². The van der Waals surface area contributed by atoms with Crippen LogP contribution < -0.4 is 0 Å². The van der Waals surface area contributed by atoms with Gasteiger partial charge in [0.15, 0.2) is 12.2 Å². The van der Waals surface area contributed by atoms with Gasteiger partial charge in [0.25, 0.3) is 0 Å². The molecular formula is C67H130O17P2. The van der Waals surface area contributed by atoms with Crippen molar-refractivity contribution >= 4 is 39.5 Å². The van der Waals surface area contributed by atoms with Crippen molar-refractivity contribution in [3.63, 3.8) is 0 Å². The summed E-state index contributed by atoms with van der Waals surface area (Å²) in [6.45, 7) is 9.35. The minimum atomic E-state index is -4.95. The standard InChI is InChI=1S/C67H130O17P2/c1-7-9-11-13-14-15-16-17-18-19-20-21-22-23-24-25-33-39-45-51-66(71)84-63(56-78-65(70)50-44-38-32-28-26-30-36-41-47-59(3)4)58-82-86(75,76)80-54-61(68)53-79-85(73,74)81-57-62(55-77-64(69)49-43-35-12-10-8-2)83-67(72)52-46-40-34-29-27-31-37-42-48-60(5)6/h59-63,68H,7-58H2,1-6H3,(H,73,74)(H,75,76)/t61-,62+,63+/m0/s1. The van der Waals surface area contributed by atoms with Gasteiger partial charge in [-0.1, -0.05) is 286 Å². The smallest absolute Gasteiger partial charge is 0.462 e. The number of phosphoric acid groups is 2. The number of carbonyl (C=O) groups excluding carboxylic acids is 4. The maximum absolute atomic E-state index is 13.0. The Morgan fingerprint density at radius 1 is 0.314 bits per heavy atom. The Morgan fingerprint density at radius 3 is 0.791 bits per heavy atom. The maximum Gasteiger partial charge on any atom is 0.472 e. The Labute approximate surface area is 524 Å². The van der Waals surface area contributed by atoms with Gasteiger partial charge in [-0.3, -0.25) is 37.3 Å². The van der Waals surface area contributed by atoms with E-state index in [1.807, 2.05) is 0 Å². The average Bonchev–Trinajstić information content (AvgIpc) is 3.55. The van der Waals surface area contributed by atoms with Crippen molar-refractivity contribution in [3.05, 3.63) is 0 Å². The van der Waals surface area contributed by atoms with Crippen molar-refractivity contribution in [1.82, 2.24) is 0 Å². The lowest BCUT2D eigenvalue weighted by Gasteiger charge is -2.21. The molecule has 0 bridgehead atoms. The van der Waals surface area contributed by atoms with E-state index in [2.05, 4.69) is 41.5 Å². The third-order valence-electron chi connectivity index (χ3n) is 15.5. The molecule has 0 amide bonds. The molecule has 5 atom stereocenters. The van der Waals surface area contributed by atoms with Crippen LogP contribution in [0.15, 0.2) is 0 Å². The van der Waals surface area contributed by atoms with Crippen LogP contribution in [0.5, 0.6) is 0 Å². The Kier molecular flexibility index (Phi) is 58.0. The monoisotopic (exact) mass is 1270 g/mol. The quantitative estimate of drug-likeness (QED) is 0.0222. The minimum Gasteiger partial charge on any atom is -0.462 e. The third-order valence-corrected chi connectivity index (χ3v) is 17.4. The molecule has 0 fully saturated rings. The molecule has 0 radical (unpaired) electrons. The second-order valence-electron chi connectivity index (χ2n) is 25.2. The van der Waals surface area contributed by atoms with Crippen molar-refractivity contribution < 1.29 is 80.2 Å². The summed E-state index contributed by atoms with van der Waals surface area (Å²) in [6, 6.07) is 0. The fraction of sp³-hybridized carbons (Fsp3) is 0.940. The van der Waals surface area contributed by atoms with E-state index in [0.717, 1.165) is 108 Å². The molecule has 19 heteroatoms. The molecule has 3 N–H and O–H groups in total. The van der Waals surface area contributed by atoms with Crippen LogP contribution in [0.3, 0.4) is 0 Å². The van der Waals surface area contributed by atoms with Gasteiger partial charge in [-0.2, -0.15) is 0 Å². The SMILES string of the molecule is CCCCCCCCCCCCCCCCCCCCCC(=O)O[C@H](COC(=O)CCCCCCCCCCC(C)C)COP(=O)(O)OC[C@@H](O)COP(=O)(O)OC[C@@H](COC(=O)CCCCCCC)OC(=O)CCCCCCCCCCC(C)C. The average molecular weight is 1270 g/mol. The van der Waals surface area contributed by atoms with E-state index in [1.165, 1.54) is 148 Å². The van der Waals surface area contributed by atoms with Gasteiger partial charge in [-0.05, 0) is 37.5 Å². The molecule has 0 saturated carbocycles.